The van der Waals surface area contributed by atoms with Crippen LogP contribution in [0.4, 0.5) is 8.78 Å². The molecule has 2 nitrogen and oxygen atoms in total. The lowest BCUT2D eigenvalue weighted by Gasteiger charge is -2.13. The molecule has 2 aromatic carbocycles. The fourth-order valence-electron chi connectivity index (χ4n) is 1.66. The van der Waals surface area contributed by atoms with Crippen molar-refractivity contribution >= 4 is 11.6 Å². The van der Waals surface area contributed by atoms with Gasteiger partial charge in [0.1, 0.15) is 5.75 Å². The molecule has 0 aliphatic carbocycles. The summed E-state index contributed by atoms with van der Waals surface area (Å²) in [6.07, 6.45) is 0. The maximum atomic E-state index is 13.6. The molecular weight excluding hydrogens is 272 g/mol. The topological polar surface area (TPSA) is 21.3 Å². The van der Waals surface area contributed by atoms with E-state index in [1.165, 1.54) is 12.1 Å². The number of nitrogens with one attached hydrogen (secondary N) is 1. The van der Waals surface area contributed by atoms with Gasteiger partial charge < -0.3 is 10.1 Å². The molecule has 0 saturated carbocycles. The van der Waals surface area contributed by atoms with Crippen LogP contribution in [0.15, 0.2) is 36.4 Å². The Morgan fingerprint density at radius 1 is 1.11 bits per heavy atom. The molecule has 0 aromatic heterocycles. The van der Waals surface area contributed by atoms with Gasteiger partial charge in [0.15, 0.2) is 11.6 Å². The van der Waals surface area contributed by atoms with Gasteiger partial charge in [0.2, 0.25) is 5.82 Å². The van der Waals surface area contributed by atoms with Crippen molar-refractivity contribution < 1.29 is 13.5 Å². The molecule has 5 heteroatoms. The summed E-state index contributed by atoms with van der Waals surface area (Å²) in [6.45, 7) is 0.464. The van der Waals surface area contributed by atoms with E-state index in [0.29, 0.717) is 22.9 Å². The quantitative estimate of drug-likeness (QED) is 0.911. The van der Waals surface area contributed by atoms with Gasteiger partial charge in [0.25, 0.3) is 0 Å². The first-order valence-corrected chi connectivity index (χ1v) is 6.05. The smallest absolute Gasteiger partial charge is 0.201 e. The highest BCUT2D eigenvalue weighted by Gasteiger charge is 2.13. The van der Waals surface area contributed by atoms with E-state index in [1.807, 2.05) is 0 Å². The third-order valence-electron chi connectivity index (χ3n) is 2.57. The van der Waals surface area contributed by atoms with Crippen molar-refractivity contribution in [3.8, 4) is 11.5 Å². The van der Waals surface area contributed by atoms with Crippen molar-refractivity contribution in [2.45, 2.75) is 6.54 Å². The molecule has 0 atom stereocenters. The maximum Gasteiger partial charge on any atom is 0.201 e. The number of hydrogen-bond acceptors (Lipinski definition) is 2. The van der Waals surface area contributed by atoms with Crippen LogP contribution in [0.2, 0.25) is 5.02 Å². The summed E-state index contributed by atoms with van der Waals surface area (Å²) in [4.78, 5) is 0. The van der Waals surface area contributed by atoms with Crippen LogP contribution < -0.4 is 10.1 Å². The van der Waals surface area contributed by atoms with Crippen LogP contribution >= 0.6 is 11.6 Å². The lowest BCUT2D eigenvalue weighted by Crippen LogP contribution is -2.07. The third-order valence-corrected chi connectivity index (χ3v) is 2.92. The molecule has 0 unspecified atom stereocenters. The second-order valence-corrected chi connectivity index (χ2v) is 4.31. The van der Waals surface area contributed by atoms with Gasteiger partial charge in [-0.3, -0.25) is 0 Å². The monoisotopic (exact) mass is 283 g/mol. The number of benzene rings is 2. The molecule has 0 aliphatic heterocycles. The fraction of sp³-hybridized carbons (Fsp3) is 0.143. The standard InChI is InChI=1S/C14H12ClF2NO/c1-18-8-9-10(15)4-2-6-12(9)19-13-7-3-5-11(16)14(13)17/h2-7,18H,8H2,1H3. The summed E-state index contributed by atoms with van der Waals surface area (Å²) in [5, 5.41) is 3.45. The van der Waals surface area contributed by atoms with Gasteiger partial charge in [-0.25, -0.2) is 4.39 Å². The molecule has 2 rings (SSSR count). The first-order valence-electron chi connectivity index (χ1n) is 5.67. The minimum atomic E-state index is -1.02. The zero-order valence-electron chi connectivity index (χ0n) is 10.2. The van der Waals surface area contributed by atoms with Crippen LogP contribution in [-0.2, 0) is 6.54 Å². The van der Waals surface area contributed by atoms with Gasteiger partial charge in [-0.15, -0.1) is 0 Å². The number of rotatable bonds is 4. The van der Waals surface area contributed by atoms with Crippen LogP contribution in [0.25, 0.3) is 0 Å². The average Bonchev–Trinajstić information content (AvgIpc) is 2.39. The molecule has 100 valence electrons. The Balaban J connectivity index is 2.38. The molecule has 2 aromatic rings. The highest BCUT2D eigenvalue weighted by molar-refractivity contribution is 6.31. The molecule has 0 amide bonds. The van der Waals surface area contributed by atoms with E-state index in [2.05, 4.69) is 5.32 Å². The second kappa shape index (κ2) is 5.99. The van der Waals surface area contributed by atoms with E-state index in [4.69, 9.17) is 16.3 Å². The van der Waals surface area contributed by atoms with Gasteiger partial charge in [0.05, 0.1) is 0 Å². The van der Waals surface area contributed by atoms with Crippen molar-refractivity contribution in [3.63, 3.8) is 0 Å². The average molecular weight is 284 g/mol. The Bertz CT molecular complexity index is 590. The predicted molar refractivity (Wildman–Crippen MR) is 70.6 cm³/mol. The molecule has 0 fully saturated rings. The Hall–Kier alpha value is -1.65. The zero-order valence-corrected chi connectivity index (χ0v) is 11.0. The minimum absolute atomic E-state index is 0.167. The SMILES string of the molecule is CNCc1c(Cl)cccc1Oc1cccc(F)c1F. The van der Waals surface area contributed by atoms with Crippen LogP contribution in [0.1, 0.15) is 5.56 Å². The molecule has 0 bridgehead atoms. The summed E-state index contributed by atoms with van der Waals surface area (Å²) >= 11 is 6.06. The third kappa shape index (κ3) is 3.03. The van der Waals surface area contributed by atoms with E-state index in [-0.39, 0.29) is 5.75 Å². The fourth-order valence-corrected chi connectivity index (χ4v) is 1.90. The van der Waals surface area contributed by atoms with E-state index < -0.39 is 11.6 Å². The summed E-state index contributed by atoms with van der Waals surface area (Å²) < 4.78 is 32.1. The van der Waals surface area contributed by atoms with Crippen LogP contribution in [0.5, 0.6) is 11.5 Å². The molecule has 0 spiro atoms. The van der Waals surface area contributed by atoms with Gasteiger partial charge in [-0.1, -0.05) is 23.7 Å². The second-order valence-electron chi connectivity index (χ2n) is 3.90. The Labute approximate surface area is 115 Å². The van der Waals surface area contributed by atoms with Crippen LogP contribution in [0, 0.1) is 11.6 Å². The van der Waals surface area contributed by atoms with Crippen molar-refractivity contribution in [1.82, 2.24) is 5.32 Å². The van der Waals surface area contributed by atoms with Gasteiger partial charge >= 0.3 is 0 Å². The van der Waals surface area contributed by atoms with Crippen molar-refractivity contribution in [2.75, 3.05) is 7.05 Å². The number of halogens is 3. The van der Waals surface area contributed by atoms with E-state index in [1.54, 1.807) is 25.2 Å². The van der Waals surface area contributed by atoms with Crippen LogP contribution in [0.3, 0.4) is 0 Å². The summed E-state index contributed by atoms with van der Waals surface area (Å²) in [5.74, 6) is -1.74. The number of hydrogen-bond donors (Lipinski definition) is 1. The summed E-state index contributed by atoms with van der Waals surface area (Å²) in [5.41, 5.74) is 0.690. The van der Waals surface area contributed by atoms with Crippen molar-refractivity contribution in [1.29, 1.82) is 0 Å². The van der Waals surface area contributed by atoms with E-state index in [0.717, 1.165) is 6.07 Å². The minimum Gasteiger partial charge on any atom is -0.454 e. The molecule has 19 heavy (non-hydrogen) atoms. The first-order chi connectivity index (χ1) is 9.13. The van der Waals surface area contributed by atoms with E-state index in [9.17, 15) is 8.78 Å². The molecule has 0 radical (unpaired) electrons. The van der Waals surface area contributed by atoms with Crippen molar-refractivity contribution in [3.05, 3.63) is 58.6 Å². The Morgan fingerprint density at radius 3 is 2.53 bits per heavy atom. The first kappa shape index (κ1) is 13.8. The normalized spacial score (nSPS) is 10.5. The van der Waals surface area contributed by atoms with Crippen molar-refractivity contribution in [2.24, 2.45) is 0 Å². The van der Waals surface area contributed by atoms with E-state index >= 15 is 0 Å². The summed E-state index contributed by atoms with van der Waals surface area (Å²) in [7, 11) is 1.76. The Morgan fingerprint density at radius 2 is 1.79 bits per heavy atom. The van der Waals surface area contributed by atoms with Gasteiger partial charge in [-0.05, 0) is 31.3 Å². The Kier molecular flexibility index (Phi) is 4.35. The number of ether oxygens (including phenoxy) is 1. The lowest BCUT2D eigenvalue weighted by atomic mass is 10.2. The van der Waals surface area contributed by atoms with Gasteiger partial charge in [-0.2, -0.15) is 4.39 Å². The van der Waals surface area contributed by atoms with Gasteiger partial charge in [0, 0.05) is 17.1 Å². The summed E-state index contributed by atoms with van der Waals surface area (Å²) in [6, 6.07) is 8.84. The molecule has 1 N–H and O–H groups in total. The highest BCUT2D eigenvalue weighted by atomic mass is 35.5. The lowest BCUT2D eigenvalue weighted by molar-refractivity contribution is 0.412. The molecule has 0 aliphatic rings. The molecule has 0 heterocycles. The largest absolute Gasteiger partial charge is 0.454 e. The zero-order chi connectivity index (χ0) is 13.8. The molecular formula is C14H12ClF2NO. The highest BCUT2D eigenvalue weighted by Crippen LogP contribution is 2.32. The molecule has 0 saturated heterocycles. The maximum absolute atomic E-state index is 13.6. The van der Waals surface area contributed by atoms with Crippen LogP contribution in [-0.4, -0.2) is 7.05 Å². The predicted octanol–water partition coefficient (Wildman–Crippen LogP) is 4.13.